The summed E-state index contributed by atoms with van der Waals surface area (Å²) in [6.07, 6.45) is 2.26. The summed E-state index contributed by atoms with van der Waals surface area (Å²) < 4.78 is 5.57. The van der Waals surface area contributed by atoms with Crippen LogP contribution < -0.4 is 0 Å². The second-order valence-corrected chi connectivity index (χ2v) is 7.83. The predicted octanol–water partition coefficient (Wildman–Crippen LogP) is 2.93. The van der Waals surface area contributed by atoms with Gasteiger partial charge in [0.15, 0.2) is 0 Å². The molecule has 0 spiro atoms. The quantitative estimate of drug-likeness (QED) is 0.652. The number of fused-ring (bicyclic) bond motifs is 1. The first-order valence-electron chi connectivity index (χ1n) is 4.52. The minimum absolute atomic E-state index is 1.36. The topological polar surface area (TPSA) is 9.23 Å². The average Bonchev–Trinajstić information content (AvgIpc) is 2.07. The average molecular weight is 190 g/mol. The largest absolute Gasteiger partial charge is 0.416 e. The normalized spacial score (nSPS) is 14.5. The second kappa shape index (κ2) is 2.82. The molecule has 0 aliphatic heterocycles. The minimum Gasteiger partial charge on any atom is -0.416 e. The van der Waals surface area contributed by atoms with Gasteiger partial charge < -0.3 is 4.43 Å². The number of hydrogen-bond donors (Lipinski definition) is 0. The summed E-state index contributed by atoms with van der Waals surface area (Å²) in [6.45, 7) is 4.46. The predicted molar refractivity (Wildman–Crippen MR) is 58.8 cm³/mol. The van der Waals surface area contributed by atoms with Crippen LogP contribution in [0.2, 0.25) is 13.1 Å². The summed E-state index contributed by atoms with van der Waals surface area (Å²) in [5, 5.41) is 1.44. The van der Waals surface area contributed by atoms with E-state index in [0.29, 0.717) is 0 Å². The number of hydrogen-bond acceptors (Lipinski definition) is 1. The first kappa shape index (κ1) is 8.72. The smallest absolute Gasteiger partial charge is 0.218 e. The Morgan fingerprint density at radius 2 is 1.85 bits per heavy atom. The molecule has 0 radical (unpaired) electrons. The van der Waals surface area contributed by atoms with Crippen LogP contribution in [0, 0.1) is 0 Å². The van der Waals surface area contributed by atoms with Crippen LogP contribution in [0.4, 0.5) is 0 Å². The number of benzene rings is 1. The molecule has 1 aliphatic rings. The van der Waals surface area contributed by atoms with Crippen molar-refractivity contribution < 1.29 is 4.43 Å². The molecule has 0 N–H and O–H groups in total. The van der Waals surface area contributed by atoms with E-state index >= 15 is 0 Å². The van der Waals surface area contributed by atoms with Crippen LogP contribution in [0.25, 0.3) is 11.3 Å². The maximum absolute atomic E-state index is 5.57. The molecule has 2 heteroatoms. The van der Waals surface area contributed by atoms with E-state index in [0.717, 1.165) is 0 Å². The van der Waals surface area contributed by atoms with Crippen LogP contribution in [0.15, 0.2) is 24.3 Å². The van der Waals surface area contributed by atoms with Gasteiger partial charge in [0, 0.05) is 7.11 Å². The van der Waals surface area contributed by atoms with E-state index in [-0.39, 0.29) is 0 Å². The van der Waals surface area contributed by atoms with E-state index < -0.39 is 8.32 Å². The van der Waals surface area contributed by atoms with Gasteiger partial charge in [0.2, 0.25) is 8.32 Å². The summed E-state index contributed by atoms with van der Waals surface area (Å²) >= 11 is 0. The zero-order valence-corrected chi connectivity index (χ0v) is 9.29. The summed E-state index contributed by atoms with van der Waals surface area (Å²) in [6, 6.07) is 8.50. The molecule has 0 unspecified atom stereocenters. The Kier molecular flexibility index (Phi) is 1.89. The van der Waals surface area contributed by atoms with E-state index in [1.165, 1.54) is 16.3 Å². The fourth-order valence-corrected chi connectivity index (χ4v) is 3.23. The second-order valence-electron chi connectivity index (χ2n) is 3.86. The molecule has 0 saturated carbocycles. The third-order valence-electron chi connectivity index (χ3n) is 2.71. The highest BCUT2D eigenvalue weighted by molar-refractivity contribution is 6.91. The Hall–Kier alpha value is -0.863. The Morgan fingerprint density at radius 1 is 1.15 bits per heavy atom. The molecule has 1 aromatic carbocycles. The molecule has 0 aromatic heterocycles. The molecule has 2 rings (SSSR count). The minimum atomic E-state index is -1.58. The molecule has 0 atom stereocenters. The first-order chi connectivity index (χ1) is 6.15. The maximum Gasteiger partial charge on any atom is 0.218 e. The van der Waals surface area contributed by atoms with Gasteiger partial charge in [-0.2, -0.15) is 0 Å². The van der Waals surface area contributed by atoms with Gasteiger partial charge >= 0.3 is 0 Å². The van der Waals surface area contributed by atoms with Gasteiger partial charge in [-0.05, 0) is 29.4 Å². The first-order valence-corrected chi connectivity index (χ1v) is 7.43. The Bertz CT molecular complexity index is 366. The van der Waals surface area contributed by atoms with Crippen LogP contribution in [0.1, 0.15) is 11.1 Å². The molecule has 1 nitrogen and oxygen atoms in total. The zero-order valence-electron chi connectivity index (χ0n) is 8.29. The standard InChI is InChI=1S/C11H14OSi/c1-12-13(2,3)11-8-9-6-4-5-7-10(9)11/h4-8H,1-3H3. The van der Waals surface area contributed by atoms with Crippen molar-refractivity contribution in [3.63, 3.8) is 0 Å². The lowest BCUT2D eigenvalue weighted by atomic mass is 9.98. The summed E-state index contributed by atoms with van der Waals surface area (Å²) in [4.78, 5) is 0. The Morgan fingerprint density at radius 3 is 2.46 bits per heavy atom. The zero-order chi connectivity index (χ0) is 9.47. The third kappa shape index (κ3) is 1.26. The molecule has 0 heterocycles. The van der Waals surface area contributed by atoms with Crippen LogP contribution in [0.5, 0.6) is 0 Å². The van der Waals surface area contributed by atoms with E-state index in [1.807, 2.05) is 7.11 Å². The van der Waals surface area contributed by atoms with Crippen LogP contribution >= 0.6 is 0 Å². The van der Waals surface area contributed by atoms with Gasteiger partial charge in [-0.25, -0.2) is 0 Å². The van der Waals surface area contributed by atoms with Gasteiger partial charge in [-0.15, -0.1) is 0 Å². The lowest BCUT2D eigenvalue weighted by Crippen LogP contribution is -2.33. The van der Waals surface area contributed by atoms with Crippen molar-refractivity contribution in [2.24, 2.45) is 0 Å². The van der Waals surface area contributed by atoms with Gasteiger partial charge in [0.25, 0.3) is 0 Å². The molecule has 1 aromatic rings. The highest BCUT2D eigenvalue weighted by Gasteiger charge is 2.32. The molecular weight excluding hydrogens is 176 g/mol. The summed E-state index contributed by atoms with van der Waals surface area (Å²) in [7, 11) is 0.229. The molecule has 0 amide bonds. The van der Waals surface area contributed by atoms with Crippen molar-refractivity contribution in [2.75, 3.05) is 7.11 Å². The van der Waals surface area contributed by atoms with Crippen LogP contribution in [-0.4, -0.2) is 15.4 Å². The van der Waals surface area contributed by atoms with E-state index in [2.05, 4.69) is 43.4 Å². The van der Waals surface area contributed by atoms with E-state index in [4.69, 9.17) is 4.43 Å². The van der Waals surface area contributed by atoms with E-state index in [1.54, 1.807) is 0 Å². The van der Waals surface area contributed by atoms with Crippen molar-refractivity contribution in [1.82, 2.24) is 0 Å². The highest BCUT2D eigenvalue weighted by Crippen LogP contribution is 2.38. The lowest BCUT2D eigenvalue weighted by Gasteiger charge is -2.30. The summed E-state index contributed by atoms with van der Waals surface area (Å²) in [5.41, 5.74) is 2.75. The molecule has 0 bridgehead atoms. The lowest BCUT2D eigenvalue weighted by molar-refractivity contribution is 0.417. The molecule has 68 valence electrons. The van der Waals surface area contributed by atoms with Crippen molar-refractivity contribution in [1.29, 1.82) is 0 Å². The van der Waals surface area contributed by atoms with Crippen LogP contribution in [0.3, 0.4) is 0 Å². The van der Waals surface area contributed by atoms with Crippen molar-refractivity contribution in [2.45, 2.75) is 13.1 Å². The van der Waals surface area contributed by atoms with Crippen molar-refractivity contribution >= 4 is 19.6 Å². The molecule has 0 saturated heterocycles. The fraction of sp³-hybridized carbons (Fsp3) is 0.273. The van der Waals surface area contributed by atoms with Crippen molar-refractivity contribution in [3.8, 4) is 0 Å². The third-order valence-corrected chi connectivity index (χ3v) is 5.44. The Balaban J connectivity index is 2.35. The molecule has 1 aliphatic carbocycles. The monoisotopic (exact) mass is 190 g/mol. The fourth-order valence-electron chi connectivity index (χ4n) is 1.63. The van der Waals surface area contributed by atoms with Gasteiger partial charge in [-0.3, -0.25) is 0 Å². The highest BCUT2D eigenvalue weighted by atomic mass is 28.4. The SMILES string of the molecule is CO[Si](C)(C)C1=Cc2ccccc21. The van der Waals surface area contributed by atoms with Gasteiger partial charge in [0.1, 0.15) is 0 Å². The van der Waals surface area contributed by atoms with Crippen molar-refractivity contribution in [3.05, 3.63) is 35.4 Å². The van der Waals surface area contributed by atoms with Gasteiger partial charge in [0.05, 0.1) is 0 Å². The van der Waals surface area contributed by atoms with Gasteiger partial charge in [-0.1, -0.05) is 30.3 Å². The van der Waals surface area contributed by atoms with Crippen LogP contribution in [-0.2, 0) is 4.43 Å². The maximum atomic E-state index is 5.57. The number of rotatable bonds is 2. The van der Waals surface area contributed by atoms with E-state index in [9.17, 15) is 0 Å². The molecule has 13 heavy (non-hydrogen) atoms. The summed E-state index contributed by atoms with van der Waals surface area (Å²) in [5.74, 6) is 0. The molecule has 0 fully saturated rings. The Labute approximate surface area is 80.2 Å². The molecular formula is C11H14OSi.